The van der Waals surface area contributed by atoms with Gasteiger partial charge in [-0.3, -0.25) is 0 Å². The molecule has 49 heavy (non-hydrogen) atoms. The molecular formula is C45H44ClN3. The molecule has 5 aromatic carbocycles. The summed E-state index contributed by atoms with van der Waals surface area (Å²) in [5, 5.41) is 0.729. The maximum atomic E-state index is 6.93. The normalized spacial score (nSPS) is 19.0. The van der Waals surface area contributed by atoms with Gasteiger partial charge in [0.15, 0.2) is 17.5 Å². The Morgan fingerprint density at radius 1 is 0.367 bits per heavy atom. The largest absolute Gasteiger partial charge is 0.208 e. The molecule has 1 aromatic heterocycles. The Morgan fingerprint density at radius 2 is 0.755 bits per heavy atom. The van der Waals surface area contributed by atoms with Gasteiger partial charge in [0.05, 0.1) is 0 Å². The van der Waals surface area contributed by atoms with E-state index in [4.69, 9.17) is 26.6 Å². The molecule has 3 atom stereocenters. The topological polar surface area (TPSA) is 38.7 Å². The van der Waals surface area contributed by atoms with E-state index in [0.717, 1.165) is 34.6 Å². The van der Waals surface area contributed by atoms with Crippen LogP contribution in [0.25, 0.3) is 34.2 Å². The molecule has 7 rings (SSSR count). The third kappa shape index (κ3) is 8.53. The molecule has 1 fully saturated rings. The van der Waals surface area contributed by atoms with Crippen LogP contribution >= 0.6 is 11.6 Å². The van der Waals surface area contributed by atoms with Gasteiger partial charge in [0, 0.05) is 21.7 Å². The number of hydrogen-bond donors (Lipinski definition) is 0. The minimum Gasteiger partial charge on any atom is -0.208 e. The van der Waals surface area contributed by atoms with Gasteiger partial charge in [-0.1, -0.05) is 152 Å². The molecule has 1 aliphatic carbocycles. The van der Waals surface area contributed by atoms with Crippen LogP contribution in [0.1, 0.15) is 92.2 Å². The predicted molar refractivity (Wildman–Crippen MR) is 204 cm³/mol. The molecule has 0 radical (unpaired) electrons. The summed E-state index contributed by atoms with van der Waals surface area (Å²) in [7, 11) is 0. The van der Waals surface area contributed by atoms with Crippen molar-refractivity contribution < 1.29 is 0 Å². The summed E-state index contributed by atoms with van der Waals surface area (Å²) in [6.07, 6.45) is 10.8. The Morgan fingerprint density at radius 3 is 1.22 bits per heavy atom. The second kappa shape index (κ2) is 16.2. The lowest BCUT2D eigenvalue weighted by molar-refractivity contribution is 0.418. The van der Waals surface area contributed by atoms with Crippen molar-refractivity contribution in [1.82, 2.24) is 15.0 Å². The molecule has 0 aliphatic heterocycles. The average Bonchev–Trinajstić information content (AvgIpc) is 3.16. The van der Waals surface area contributed by atoms with Gasteiger partial charge < -0.3 is 0 Å². The van der Waals surface area contributed by atoms with E-state index in [0.29, 0.717) is 35.2 Å². The lowest BCUT2D eigenvalue weighted by Crippen LogP contribution is -2.08. The Bertz CT molecular complexity index is 1850. The Hall–Kier alpha value is -4.60. The van der Waals surface area contributed by atoms with E-state index in [1.165, 1.54) is 61.6 Å². The van der Waals surface area contributed by atoms with Crippen LogP contribution in [0.15, 0.2) is 140 Å². The summed E-state index contributed by atoms with van der Waals surface area (Å²) in [5.74, 6) is 3.57. The minimum absolute atomic E-state index is 0.424. The van der Waals surface area contributed by atoms with E-state index in [-0.39, 0.29) is 0 Å². The van der Waals surface area contributed by atoms with Crippen molar-refractivity contribution in [2.24, 2.45) is 0 Å². The molecule has 246 valence electrons. The predicted octanol–water partition coefficient (Wildman–Crippen LogP) is 12.7. The van der Waals surface area contributed by atoms with Crippen molar-refractivity contribution in [3.63, 3.8) is 0 Å². The van der Waals surface area contributed by atoms with Gasteiger partial charge in [0.1, 0.15) is 0 Å². The monoisotopic (exact) mass is 661 g/mol. The fraction of sp³-hybridized carbons (Fsp3) is 0.267. The van der Waals surface area contributed by atoms with Crippen LogP contribution in [0.5, 0.6) is 0 Å². The molecule has 0 bridgehead atoms. The molecule has 1 heterocycles. The van der Waals surface area contributed by atoms with Crippen molar-refractivity contribution in [3.8, 4) is 34.2 Å². The van der Waals surface area contributed by atoms with Gasteiger partial charge in [0.2, 0.25) is 0 Å². The molecule has 0 spiro atoms. The first-order chi connectivity index (χ1) is 24.2. The smallest absolute Gasteiger partial charge is 0.164 e. The highest BCUT2D eigenvalue weighted by Gasteiger charge is 2.21. The molecule has 4 heteroatoms. The second-order valence-electron chi connectivity index (χ2n) is 13.5. The number of rotatable bonds is 6. The van der Waals surface area contributed by atoms with E-state index < -0.39 is 0 Å². The van der Waals surface area contributed by atoms with Crippen LogP contribution in [0.4, 0.5) is 0 Å². The number of nitrogens with zero attached hydrogens (tertiary/aromatic N) is 3. The molecule has 0 N–H and O–H groups in total. The number of benzene rings is 5. The van der Waals surface area contributed by atoms with E-state index in [1.54, 1.807) is 0 Å². The number of halogens is 1. The molecule has 3 nitrogen and oxygen atoms in total. The first-order valence-electron chi connectivity index (χ1n) is 18.0. The van der Waals surface area contributed by atoms with Gasteiger partial charge in [-0.15, -0.1) is 0 Å². The quantitative estimate of drug-likeness (QED) is 0.178. The van der Waals surface area contributed by atoms with Crippen LogP contribution in [0.3, 0.4) is 0 Å². The summed E-state index contributed by atoms with van der Waals surface area (Å²) >= 11 is 6.93. The number of aromatic nitrogens is 3. The van der Waals surface area contributed by atoms with Crippen molar-refractivity contribution in [3.05, 3.63) is 161 Å². The van der Waals surface area contributed by atoms with Crippen LogP contribution in [0, 0.1) is 0 Å². The van der Waals surface area contributed by atoms with Crippen molar-refractivity contribution in [2.75, 3.05) is 0 Å². The highest BCUT2D eigenvalue weighted by molar-refractivity contribution is 6.31. The summed E-state index contributed by atoms with van der Waals surface area (Å²) < 4.78 is 0. The Labute approximate surface area is 296 Å². The molecule has 3 unspecified atom stereocenters. The maximum absolute atomic E-state index is 6.93. The van der Waals surface area contributed by atoms with Crippen molar-refractivity contribution in [1.29, 1.82) is 0 Å². The summed E-state index contributed by atoms with van der Waals surface area (Å²) in [6.45, 7) is 0. The zero-order valence-corrected chi connectivity index (χ0v) is 28.9. The molecule has 0 saturated heterocycles. The molecular weight excluding hydrogens is 618 g/mol. The third-order valence-electron chi connectivity index (χ3n) is 10.2. The molecule has 6 aromatic rings. The summed E-state index contributed by atoms with van der Waals surface area (Å²) in [5.41, 5.74) is 7.13. The Balaban J connectivity index is 1.20. The summed E-state index contributed by atoms with van der Waals surface area (Å²) in [4.78, 5) is 14.9. The fourth-order valence-electron chi connectivity index (χ4n) is 7.59. The van der Waals surface area contributed by atoms with E-state index in [1.807, 2.05) is 66.7 Å². The van der Waals surface area contributed by atoms with Crippen LogP contribution in [-0.2, 0) is 0 Å². The fourth-order valence-corrected chi connectivity index (χ4v) is 7.84. The van der Waals surface area contributed by atoms with Gasteiger partial charge >= 0.3 is 0 Å². The standard InChI is InChI=1S/C45H44ClN3/c46-42-31-40(30-41(32-42)45-48-43(38-22-9-3-10-23-38)47-44(49-45)39-24-11-4-12-25-39)35-20-13-14-21-36(33-16-5-1-6-17-33)28-29-37(27-15-26-35)34-18-7-2-8-19-34/h1-12,16-19,22-25,30-32,35-37H,13-15,20-21,26-29H2. The summed E-state index contributed by atoms with van der Waals surface area (Å²) in [6, 6.07) is 49.2. The second-order valence-corrected chi connectivity index (χ2v) is 14.0. The first-order valence-corrected chi connectivity index (χ1v) is 18.3. The highest BCUT2D eigenvalue weighted by Crippen LogP contribution is 2.39. The number of hydrogen-bond acceptors (Lipinski definition) is 3. The van der Waals surface area contributed by atoms with Crippen LogP contribution < -0.4 is 0 Å². The van der Waals surface area contributed by atoms with Crippen LogP contribution in [0.2, 0.25) is 5.02 Å². The first kappa shape index (κ1) is 32.9. The zero-order chi connectivity index (χ0) is 33.3. The van der Waals surface area contributed by atoms with E-state index in [9.17, 15) is 0 Å². The van der Waals surface area contributed by atoms with Gasteiger partial charge in [-0.25, -0.2) is 15.0 Å². The minimum atomic E-state index is 0.424. The SMILES string of the molecule is Clc1cc(-c2nc(-c3ccccc3)nc(-c3ccccc3)n2)cc(C2CCCCC(c3ccccc3)CCC(c3ccccc3)CCC2)c1. The molecule has 1 aliphatic rings. The van der Waals surface area contributed by atoms with E-state index >= 15 is 0 Å². The van der Waals surface area contributed by atoms with E-state index in [2.05, 4.69) is 72.8 Å². The molecule has 1 saturated carbocycles. The van der Waals surface area contributed by atoms with Crippen molar-refractivity contribution >= 4 is 11.6 Å². The highest BCUT2D eigenvalue weighted by atomic mass is 35.5. The van der Waals surface area contributed by atoms with Gasteiger partial charge in [-0.05, 0) is 91.2 Å². The maximum Gasteiger partial charge on any atom is 0.164 e. The lowest BCUT2D eigenvalue weighted by Gasteiger charge is -2.26. The lowest BCUT2D eigenvalue weighted by atomic mass is 9.79. The van der Waals surface area contributed by atoms with Crippen LogP contribution in [-0.4, -0.2) is 15.0 Å². The van der Waals surface area contributed by atoms with Gasteiger partial charge in [0.25, 0.3) is 0 Å². The molecule has 0 amide bonds. The zero-order valence-electron chi connectivity index (χ0n) is 28.1. The Kier molecular flexibility index (Phi) is 10.9. The van der Waals surface area contributed by atoms with Gasteiger partial charge in [-0.2, -0.15) is 0 Å². The van der Waals surface area contributed by atoms with Crippen molar-refractivity contribution in [2.45, 2.75) is 75.5 Å². The third-order valence-corrected chi connectivity index (χ3v) is 10.4. The average molecular weight is 662 g/mol.